The van der Waals surface area contributed by atoms with E-state index >= 15 is 0 Å². The number of unbranched alkanes of at least 4 members (excludes halogenated alkanes) is 2. The Hall–Kier alpha value is -4.87. The average molecular weight is 866 g/mol. The van der Waals surface area contributed by atoms with Crippen LogP contribution in [0.25, 0.3) is 10.8 Å². The Morgan fingerprint density at radius 3 is 2.48 bits per heavy atom. The second-order valence-electron chi connectivity index (χ2n) is 16.6. The quantitative estimate of drug-likeness (QED) is 0.0390. The van der Waals surface area contributed by atoms with Gasteiger partial charge in [-0.2, -0.15) is 0 Å². The van der Waals surface area contributed by atoms with Gasteiger partial charge in [0.2, 0.25) is 5.79 Å². The molecule has 11 heteroatoms. The Bertz CT molecular complexity index is 2240. The van der Waals surface area contributed by atoms with E-state index in [0.29, 0.717) is 36.7 Å². The molecule has 6 atom stereocenters. The predicted molar refractivity (Wildman–Crippen MR) is 244 cm³/mol. The van der Waals surface area contributed by atoms with Gasteiger partial charge in [-0.05, 0) is 122 Å². The minimum absolute atomic E-state index is 0.0200. The molecule has 0 aromatic heterocycles. The molecule has 4 aromatic carbocycles. The van der Waals surface area contributed by atoms with Crippen molar-refractivity contribution in [1.82, 2.24) is 4.90 Å². The number of nitrogens with zero attached hydrogens (tertiary/aromatic N) is 2. The summed E-state index contributed by atoms with van der Waals surface area (Å²) in [6, 6.07) is 25.6. The number of hydrogen-bond donors (Lipinski definition) is 2. The zero-order valence-corrected chi connectivity index (χ0v) is 37.0. The highest BCUT2D eigenvalue weighted by atomic mass is 35.5. The summed E-state index contributed by atoms with van der Waals surface area (Å²) in [5, 5.41) is 26.8. The average Bonchev–Trinajstić information content (AvgIpc) is 3.28. The number of alkyl halides is 1. The molecule has 2 N–H and O–H groups in total. The molecule has 1 fully saturated rings. The van der Waals surface area contributed by atoms with E-state index in [-0.39, 0.29) is 63.0 Å². The van der Waals surface area contributed by atoms with E-state index in [1.807, 2.05) is 55.5 Å². The fourth-order valence-corrected chi connectivity index (χ4v) is 9.97. The first-order chi connectivity index (χ1) is 30.3. The zero-order chi connectivity index (χ0) is 43.6. The number of oxime groups is 1. The molecule has 1 heterocycles. The van der Waals surface area contributed by atoms with Gasteiger partial charge in [-0.25, -0.2) is 4.79 Å². The van der Waals surface area contributed by atoms with E-state index in [1.54, 1.807) is 11.0 Å². The van der Waals surface area contributed by atoms with Crippen LogP contribution in [0.5, 0.6) is 17.2 Å². The van der Waals surface area contributed by atoms with Crippen LogP contribution in [-0.2, 0) is 20.9 Å². The van der Waals surface area contributed by atoms with Gasteiger partial charge in [-0.15, -0.1) is 18.2 Å². The van der Waals surface area contributed by atoms with Gasteiger partial charge >= 0.3 is 6.09 Å². The van der Waals surface area contributed by atoms with Crippen LogP contribution in [0.2, 0.25) is 0 Å². The van der Waals surface area contributed by atoms with Crippen molar-refractivity contribution in [1.29, 1.82) is 0 Å². The van der Waals surface area contributed by atoms with Crippen LogP contribution in [0.1, 0.15) is 80.0 Å². The Balaban J connectivity index is 1.46. The Kier molecular flexibility index (Phi) is 15.3. The fraction of sp³-hybridized carbons (Fsp3) is 0.451. The molecular weight excluding hydrogens is 804 g/mol. The number of allylic oxidation sites excluding steroid dienone is 1. The summed E-state index contributed by atoms with van der Waals surface area (Å²) in [7, 11) is 0. The molecule has 2 aliphatic carbocycles. The lowest BCUT2D eigenvalue weighted by Crippen LogP contribution is -2.70. The molecular formula is C51H61ClN2O8. The number of aliphatic hydroxyl groups excluding tert-OH is 2. The van der Waals surface area contributed by atoms with Crippen molar-refractivity contribution < 1.29 is 38.8 Å². The number of benzene rings is 4. The van der Waals surface area contributed by atoms with Crippen LogP contribution in [0.4, 0.5) is 4.79 Å². The first-order valence-corrected chi connectivity index (χ1v) is 22.7. The molecule has 1 amide bonds. The molecule has 10 nitrogen and oxygen atoms in total. The van der Waals surface area contributed by atoms with Crippen molar-refractivity contribution in [2.24, 2.45) is 22.9 Å². The monoisotopic (exact) mass is 864 g/mol. The second-order valence-corrected chi connectivity index (χ2v) is 17.0. The van der Waals surface area contributed by atoms with Crippen molar-refractivity contribution in [3.05, 3.63) is 125 Å². The normalized spacial score (nSPS) is 23.2. The van der Waals surface area contributed by atoms with Crippen molar-refractivity contribution >= 4 is 34.2 Å². The van der Waals surface area contributed by atoms with Gasteiger partial charge in [0, 0.05) is 31.1 Å². The van der Waals surface area contributed by atoms with Crippen molar-refractivity contribution in [3.63, 3.8) is 0 Å². The molecule has 0 unspecified atom stereocenters. The van der Waals surface area contributed by atoms with Crippen LogP contribution >= 0.6 is 11.6 Å². The van der Waals surface area contributed by atoms with Gasteiger partial charge in [-0.1, -0.05) is 78.7 Å². The first kappa shape index (κ1) is 45.2. The molecule has 330 valence electrons. The predicted octanol–water partition coefficient (Wildman–Crippen LogP) is 10.8. The number of carbonyl (C=O) groups is 1. The fourth-order valence-electron chi connectivity index (χ4n) is 9.89. The maximum atomic E-state index is 14.7. The number of aliphatic hydroxyl groups is 2. The third kappa shape index (κ3) is 9.54. The largest absolute Gasteiger partial charge is 0.459 e. The molecule has 7 rings (SSSR count). The van der Waals surface area contributed by atoms with E-state index in [0.717, 1.165) is 64.5 Å². The summed E-state index contributed by atoms with van der Waals surface area (Å²) in [5.74, 6) is 0.197. The molecule has 0 radical (unpaired) electrons. The van der Waals surface area contributed by atoms with Gasteiger partial charge in [0.1, 0.15) is 36.5 Å². The molecule has 62 heavy (non-hydrogen) atoms. The lowest BCUT2D eigenvalue weighted by atomic mass is 9.55. The molecule has 1 saturated carbocycles. The summed E-state index contributed by atoms with van der Waals surface area (Å²) >= 11 is 6.15. The van der Waals surface area contributed by atoms with Crippen molar-refractivity contribution in [3.8, 4) is 17.2 Å². The standard InChI is InChI=1S/C51H61ClN2O8/c1-5-27-59-51-47(54(50(57)58-28-24-52)33-38-17-13-16-36-14-7-8-18-41(36)38)32-45(53-60-6-2)43-30-37(15-9-11-25-55)42(19-10-12-26-56)48(49(43)51)44-31-40(22-23-46(44)62-51)61-39-21-20-34(3)35(4)29-39/h5,7-8,13-14,16-18,20-23,29-31,37,42,47-49,55-56H,1,6,9-12,15,19,24-28,32-33H2,2-4H3/t37-,42+,47-,48+,49+,51+/m0/s1. The lowest BCUT2D eigenvalue weighted by molar-refractivity contribution is -0.256. The van der Waals surface area contributed by atoms with Gasteiger partial charge < -0.3 is 34.0 Å². The number of carbonyl (C=O) groups excluding carboxylic acids is 1. The molecule has 0 spiro atoms. The number of halogens is 1. The second kappa shape index (κ2) is 21.0. The van der Waals surface area contributed by atoms with Crippen molar-refractivity contribution in [2.45, 2.75) is 90.0 Å². The molecule has 1 aliphatic heterocycles. The van der Waals surface area contributed by atoms with Gasteiger partial charge in [0.15, 0.2) is 0 Å². The number of ether oxygens (including phenoxy) is 4. The van der Waals surface area contributed by atoms with E-state index < -0.39 is 23.8 Å². The summed E-state index contributed by atoms with van der Waals surface area (Å²) in [6.45, 7) is 11.0. The van der Waals surface area contributed by atoms with E-state index in [9.17, 15) is 15.0 Å². The number of aryl methyl sites for hydroxylation is 2. The smallest absolute Gasteiger partial charge is 0.410 e. The topological polar surface area (TPSA) is 119 Å². The number of hydrogen-bond acceptors (Lipinski definition) is 9. The number of rotatable bonds is 20. The lowest BCUT2D eigenvalue weighted by Gasteiger charge is -2.59. The highest BCUT2D eigenvalue weighted by molar-refractivity contribution is 6.18. The van der Waals surface area contributed by atoms with Crippen LogP contribution in [0.15, 0.2) is 108 Å². The van der Waals surface area contributed by atoms with Crippen LogP contribution < -0.4 is 9.47 Å². The number of fused-ring (bicyclic) bond motifs is 3. The van der Waals surface area contributed by atoms with Crippen LogP contribution in [0, 0.1) is 31.6 Å². The van der Waals surface area contributed by atoms with Gasteiger partial charge in [0.05, 0.1) is 30.7 Å². The molecule has 0 bridgehead atoms. The minimum Gasteiger partial charge on any atom is -0.459 e. The number of amides is 1. The summed E-state index contributed by atoms with van der Waals surface area (Å²) in [5.41, 5.74) is 5.91. The van der Waals surface area contributed by atoms with E-state index in [2.05, 4.69) is 56.8 Å². The van der Waals surface area contributed by atoms with Crippen molar-refractivity contribution in [2.75, 3.05) is 38.9 Å². The Labute approximate surface area is 371 Å². The maximum Gasteiger partial charge on any atom is 0.410 e. The molecule has 0 saturated heterocycles. The van der Waals surface area contributed by atoms with Gasteiger partial charge in [0.25, 0.3) is 0 Å². The third-order valence-electron chi connectivity index (χ3n) is 12.8. The van der Waals surface area contributed by atoms with E-state index in [1.165, 1.54) is 5.56 Å². The minimum atomic E-state index is -1.45. The Morgan fingerprint density at radius 2 is 1.73 bits per heavy atom. The molecule has 3 aliphatic rings. The SMILES string of the molecule is C=CCO[C@@]12Oc3ccc(Oc4ccc(C)c(C)c4)cc3[C@H]3[C@H](CCCCO)[C@@H](CCCCO)C=C(C(=NOCC)C[C@@H]1N(Cc1cccc4ccccc14)C(=O)OCCCl)[C@H]32. The molecule has 4 aromatic rings. The van der Waals surface area contributed by atoms with E-state index in [4.69, 9.17) is 40.5 Å². The summed E-state index contributed by atoms with van der Waals surface area (Å²) in [4.78, 5) is 22.4. The highest BCUT2D eigenvalue weighted by Gasteiger charge is 2.65. The Morgan fingerprint density at radius 1 is 0.968 bits per heavy atom. The summed E-state index contributed by atoms with van der Waals surface area (Å²) in [6.07, 6.45) is 8.40. The summed E-state index contributed by atoms with van der Waals surface area (Å²) < 4.78 is 27.1. The van der Waals surface area contributed by atoms with Gasteiger partial charge in [-0.3, -0.25) is 4.90 Å². The third-order valence-corrected chi connectivity index (χ3v) is 13.0. The zero-order valence-electron chi connectivity index (χ0n) is 36.3. The highest BCUT2D eigenvalue weighted by Crippen LogP contribution is 2.62. The first-order valence-electron chi connectivity index (χ1n) is 22.2. The van der Waals surface area contributed by atoms with Crippen LogP contribution in [-0.4, -0.2) is 77.7 Å². The maximum absolute atomic E-state index is 14.7. The van der Waals surface area contributed by atoms with Crippen LogP contribution in [0.3, 0.4) is 0 Å².